The Hall–Kier alpha value is -1.52. The molecule has 0 aliphatic rings. The van der Waals surface area contributed by atoms with Gasteiger partial charge < -0.3 is 5.73 Å². The van der Waals surface area contributed by atoms with Crippen LogP contribution in [0.4, 0.5) is 4.39 Å². The maximum Gasteiger partial charge on any atom is 0.142 e. The van der Waals surface area contributed by atoms with Gasteiger partial charge in [-0.2, -0.15) is 0 Å². The highest BCUT2D eigenvalue weighted by atomic mass is 35.5. The lowest BCUT2D eigenvalue weighted by atomic mass is 10.0. The minimum absolute atomic E-state index is 0.122. The zero-order chi connectivity index (χ0) is 12.3. The topological polar surface area (TPSA) is 51.8 Å². The summed E-state index contributed by atoms with van der Waals surface area (Å²) < 4.78 is 13.2. The number of halogens is 2. The lowest BCUT2D eigenvalue weighted by Gasteiger charge is -2.12. The molecule has 2 aromatic rings. The van der Waals surface area contributed by atoms with E-state index >= 15 is 0 Å². The van der Waals surface area contributed by atoms with Gasteiger partial charge in [-0.25, -0.2) is 14.4 Å². The van der Waals surface area contributed by atoms with Gasteiger partial charge >= 0.3 is 0 Å². The highest BCUT2D eigenvalue weighted by Crippen LogP contribution is 2.23. The van der Waals surface area contributed by atoms with Crippen molar-refractivity contribution in [3.63, 3.8) is 0 Å². The number of benzene rings is 1. The van der Waals surface area contributed by atoms with Crippen molar-refractivity contribution in [1.29, 1.82) is 0 Å². The molecule has 0 spiro atoms. The van der Waals surface area contributed by atoms with Crippen LogP contribution in [0.3, 0.4) is 0 Å². The van der Waals surface area contributed by atoms with E-state index in [0.717, 1.165) is 0 Å². The van der Waals surface area contributed by atoms with Crippen LogP contribution in [0.2, 0.25) is 5.02 Å². The Kier molecular flexibility index (Phi) is 3.66. The Balaban J connectivity index is 2.19. The molecule has 1 heterocycles. The maximum atomic E-state index is 13.2. The van der Waals surface area contributed by atoms with Crippen LogP contribution in [0.1, 0.15) is 17.3 Å². The van der Waals surface area contributed by atoms with E-state index in [-0.39, 0.29) is 11.1 Å². The highest BCUT2D eigenvalue weighted by molar-refractivity contribution is 6.31. The monoisotopic (exact) mass is 251 g/mol. The first-order chi connectivity index (χ1) is 8.18. The van der Waals surface area contributed by atoms with Gasteiger partial charge in [0.15, 0.2) is 0 Å². The minimum Gasteiger partial charge on any atom is -0.322 e. The zero-order valence-corrected chi connectivity index (χ0v) is 9.73. The maximum absolute atomic E-state index is 13.2. The Labute approximate surface area is 103 Å². The van der Waals surface area contributed by atoms with Crippen LogP contribution in [0.25, 0.3) is 0 Å². The molecule has 17 heavy (non-hydrogen) atoms. The lowest BCUT2D eigenvalue weighted by molar-refractivity contribution is 0.621. The van der Waals surface area contributed by atoms with E-state index in [1.807, 2.05) is 0 Å². The number of hydrogen-bond donors (Lipinski definition) is 1. The summed E-state index contributed by atoms with van der Waals surface area (Å²) in [6, 6.07) is 6.10. The first-order valence-electron chi connectivity index (χ1n) is 5.13. The van der Waals surface area contributed by atoms with E-state index in [4.69, 9.17) is 17.3 Å². The molecule has 0 aliphatic carbocycles. The van der Waals surface area contributed by atoms with Crippen molar-refractivity contribution in [2.45, 2.75) is 12.5 Å². The summed E-state index contributed by atoms with van der Waals surface area (Å²) in [5.41, 5.74) is 7.36. The van der Waals surface area contributed by atoms with Crippen molar-refractivity contribution in [3.8, 4) is 0 Å². The average molecular weight is 252 g/mol. The molecule has 5 heteroatoms. The largest absolute Gasteiger partial charge is 0.322 e. The van der Waals surface area contributed by atoms with Crippen LogP contribution in [0, 0.1) is 5.82 Å². The van der Waals surface area contributed by atoms with Crippen molar-refractivity contribution in [1.82, 2.24) is 9.97 Å². The molecule has 1 aromatic heterocycles. The van der Waals surface area contributed by atoms with Gasteiger partial charge in [-0.15, -0.1) is 0 Å². The predicted molar refractivity (Wildman–Crippen MR) is 64.1 cm³/mol. The highest BCUT2D eigenvalue weighted by Gasteiger charge is 2.12. The summed E-state index contributed by atoms with van der Waals surface area (Å²) in [6.07, 6.45) is 3.49. The van der Waals surface area contributed by atoms with Gasteiger partial charge in [0.2, 0.25) is 0 Å². The summed E-state index contributed by atoms with van der Waals surface area (Å²) in [7, 11) is 0. The summed E-state index contributed by atoms with van der Waals surface area (Å²) in [6.45, 7) is 0. The molecule has 0 bridgehead atoms. The van der Waals surface area contributed by atoms with Crippen molar-refractivity contribution >= 4 is 11.6 Å². The van der Waals surface area contributed by atoms with Crippen LogP contribution in [-0.4, -0.2) is 9.97 Å². The number of nitrogens with two attached hydrogens (primary N) is 1. The molecular formula is C12H11ClFN3. The Morgan fingerprint density at radius 1 is 1.35 bits per heavy atom. The smallest absolute Gasteiger partial charge is 0.142 e. The average Bonchev–Trinajstić information content (AvgIpc) is 2.36. The molecule has 2 rings (SSSR count). The SMILES string of the molecule is NC(Cc1cccc(F)c1Cl)c1ccncn1. The zero-order valence-electron chi connectivity index (χ0n) is 8.98. The molecule has 1 unspecified atom stereocenters. The lowest BCUT2D eigenvalue weighted by Crippen LogP contribution is -2.15. The second-order valence-corrected chi connectivity index (χ2v) is 4.04. The van der Waals surface area contributed by atoms with Gasteiger partial charge in [0.05, 0.1) is 16.8 Å². The number of aromatic nitrogens is 2. The van der Waals surface area contributed by atoms with Crippen LogP contribution < -0.4 is 5.73 Å². The van der Waals surface area contributed by atoms with E-state index in [9.17, 15) is 4.39 Å². The van der Waals surface area contributed by atoms with E-state index in [2.05, 4.69) is 9.97 Å². The molecular weight excluding hydrogens is 241 g/mol. The fourth-order valence-electron chi connectivity index (χ4n) is 1.57. The van der Waals surface area contributed by atoms with Gasteiger partial charge in [-0.05, 0) is 24.1 Å². The van der Waals surface area contributed by atoms with Crippen molar-refractivity contribution in [3.05, 3.63) is 58.9 Å². The molecule has 0 radical (unpaired) electrons. The van der Waals surface area contributed by atoms with Crippen molar-refractivity contribution in [2.24, 2.45) is 5.73 Å². The third-order valence-electron chi connectivity index (χ3n) is 2.46. The fraction of sp³-hybridized carbons (Fsp3) is 0.167. The Morgan fingerprint density at radius 2 is 2.18 bits per heavy atom. The predicted octanol–water partition coefficient (Wildman–Crippen LogP) is 2.51. The number of hydrogen-bond acceptors (Lipinski definition) is 3. The normalized spacial score (nSPS) is 12.4. The molecule has 1 aromatic carbocycles. The molecule has 2 N–H and O–H groups in total. The Bertz CT molecular complexity index is 504. The van der Waals surface area contributed by atoms with Gasteiger partial charge in [-0.1, -0.05) is 23.7 Å². The molecule has 0 fully saturated rings. The van der Waals surface area contributed by atoms with E-state index in [0.29, 0.717) is 17.7 Å². The van der Waals surface area contributed by atoms with E-state index in [1.165, 1.54) is 12.4 Å². The second kappa shape index (κ2) is 5.21. The second-order valence-electron chi connectivity index (χ2n) is 3.66. The van der Waals surface area contributed by atoms with Gasteiger partial charge in [0, 0.05) is 6.20 Å². The summed E-state index contributed by atoms with van der Waals surface area (Å²) >= 11 is 5.86. The molecule has 0 saturated heterocycles. The molecule has 0 saturated carbocycles. The van der Waals surface area contributed by atoms with Gasteiger partial charge in [0.25, 0.3) is 0 Å². The third kappa shape index (κ3) is 2.78. The molecule has 3 nitrogen and oxygen atoms in total. The van der Waals surface area contributed by atoms with Crippen LogP contribution >= 0.6 is 11.6 Å². The molecule has 1 atom stereocenters. The quantitative estimate of drug-likeness (QED) is 0.912. The van der Waals surface area contributed by atoms with Crippen molar-refractivity contribution < 1.29 is 4.39 Å². The fourth-order valence-corrected chi connectivity index (χ4v) is 1.77. The van der Waals surface area contributed by atoms with Gasteiger partial charge in [-0.3, -0.25) is 0 Å². The summed E-state index contributed by atoms with van der Waals surface area (Å²) in [5, 5.41) is 0.122. The third-order valence-corrected chi connectivity index (χ3v) is 2.88. The van der Waals surface area contributed by atoms with E-state index in [1.54, 1.807) is 24.4 Å². The van der Waals surface area contributed by atoms with Gasteiger partial charge in [0.1, 0.15) is 12.1 Å². The minimum atomic E-state index is -0.431. The number of nitrogens with zero attached hydrogens (tertiary/aromatic N) is 2. The standard InChI is InChI=1S/C12H11ClFN3/c13-12-8(2-1-3-9(12)14)6-10(15)11-4-5-16-7-17-11/h1-5,7,10H,6,15H2. The van der Waals surface area contributed by atoms with E-state index < -0.39 is 5.82 Å². The first kappa shape index (κ1) is 12.0. The van der Waals surface area contributed by atoms with Crippen LogP contribution in [0.5, 0.6) is 0 Å². The van der Waals surface area contributed by atoms with Crippen LogP contribution in [-0.2, 0) is 6.42 Å². The Morgan fingerprint density at radius 3 is 2.88 bits per heavy atom. The summed E-state index contributed by atoms with van der Waals surface area (Å²) in [4.78, 5) is 7.87. The molecule has 88 valence electrons. The summed E-state index contributed by atoms with van der Waals surface area (Å²) in [5.74, 6) is -0.431. The molecule has 0 amide bonds. The first-order valence-corrected chi connectivity index (χ1v) is 5.50. The van der Waals surface area contributed by atoms with Crippen molar-refractivity contribution in [2.75, 3.05) is 0 Å². The molecule has 0 aliphatic heterocycles. The van der Waals surface area contributed by atoms with Crippen LogP contribution in [0.15, 0.2) is 36.8 Å². The number of rotatable bonds is 3.